The van der Waals surface area contributed by atoms with Crippen LogP contribution in [-0.4, -0.2) is 24.4 Å². The zero-order valence-electron chi connectivity index (χ0n) is 12.1. The number of hydrogen-bond donors (Lipinski definition) is 3. The number of unbranched alkanes of at least 4 members (excludes halogenated alkanes) is 2. The average Bonchev–Trinajstić information content (AvgIpc) is 2.44. The molecule has 0 radical (unpaired) electrons. The van der Waals surface area contributed by atoms with E-state index in [1.807, 2.05) is 6.07 Å². The second-order valence-electron chi connectivity index (χ2n) is 4.98. The van der Waals surface area contributed by atoms with E-state index in [4.69, 9.17) is 0 Å². The molecule has 3 nitrogen and oxygen atoms in total. The third kappa shape index (κ3) is 8.76. The van der Waals surface area contributed by atoms with Crippen molar-refractivity contribution >= 4 is 0 Å². The van der Waals surface area contributed by atoms with Crippen molar-refractivity contribution < 1.29 is 5.11 Å². The molecular weight excluding hydrogens is 236 g/mol. The maximum atomic E-state index is 9.68. The zero-order valence-corrected chi connectivity index (χ0v) is 12.1. The molecule has 3 N–H and O–H groups in total. The van der Waals surface area contributed by atoms with Crippen LogP contribution in [0.25, 0.3) is 0 Å². The van der Waals surface area contributed by atoms with Crippen LogP contribution in [-0.2, 0) is 6.54 Å². The molecule has 1 unspecified atom stereocenters. The van der Waals surface area contributed by atoms with Gasteiger partial charge in [-0.15, -0.1) is 0 Å². The Hall–Kier alpha value is -0.900. The van der Waals surface area contributed by atoms with Crippen LogP contribution >= 0.6 is 0 Å². The lowest BCUT2D eigenvalue weighted by molar-refractivity contribution is 0.124. The van der Waals surface area contributed by atoms with E-state index in [1.165, 1.54) is 18.4 Å². The Morgan fingerprint density at radius 1 is 1.05 bits per heavy atom. The highest BCUT2D eigenvalue weighted by Gasteiger charge is 2.01. The molecule has 0 aliphatic carbocycles. The summed E-state index contributed by atoms with van der Waals surface area (Å²) >= 11 is 0. The quantitative estimate of drug-likeness (QED) is 0.425. The smallest absolute Gasteiger partial charge is 0.104 e. The van der Waals surface area contributed by atoms with Gasteiger partial charge in [0.1, 0.15) is 6.23 Å². The largest absolute Gasteiger partial charge is 0.379 e. The van der Waals surface area contributed by atoms with Gasteiger partial charge in [0.25, 0.3) is 0 Å². The van der Waals surface area contributed by atoms with Crippen molar-refractivity contribution in [2.45, 2.75) is 51.8 Å². The van der Waals surface area contributed by atoms with E-state index >= 15 is 0 Å². The molecule has 0 aliphatic rings. The monoisotopic (exact) mass is 264 g/mol. The lowest BCUT2D eigenvalue weighted by atomic mass is 10.2. The summed E-state index contributed by atoms with van der Waals surface area (Å²) in [5.74, 6) is 0. The number of nitrogens with one attached hydrogen (secondary N) is 2. The van der Waals surface area contributed by atoms with Crippen molar-refractivity contribution in [3.63, 3.8) is 0 Å². The first-order valence-corrected chi connectivity index (χ1v) is 7.49. The summed E-state index contributed by atoms with van der Waals surface area (Å²) in [4.78, 5) is 0. The highest BCUT2D eigenvalue weighted by atomic mass is 16.3. The Labute approximate surface area is 117 Å². The van der Waals surface area contributed by atoms with E-state index in [2.05, 4.69) is 41.8 Å². The van der Waals surface area contributed by atoms with Crippen LogP contribution in [0, 0.1) is 0 Å². The molecule has 0 bridgehead atoms. The van der Waals surface area contributed by atoms with Gasteiger partial charge in [-0.1, -0.05) is 50.1 Å². The summed E-state index contributed by atoms with van der Waals surface area (Å²) in [5.41, 5.74) is 1.31. The second-order valence-corrected chi connectivity index (χ2v) is 4.98. The van der Waals surface area contributed by atoms with Gasteiger partial charge in [0.2, 0.25) is 0 Å². The number of aliphatic hydroxyl groups is 1. The van der Waals surface area contributed by atoms with Crippen molar-refractivity contribution in [1.29, 1.82) is 0 Å². The Balaban J connectivity index is 1.91. The maximum absolute atomic E-state index is 9.68. The summed E-state index contributed by atoms with van der Waals surface area (Å²) in [7, 11) is 0. The first-order valence-electron chi connectivity index (χ1n) is 7.49. The van der Waals surface area contributed by atoms with E-state index in [-0.39, 0.29) is 6.23 Å². The Morgan fingerprint density at radius 3 is 2.58 bits per heavy atom. The van der Waals surface area contributed by atoms with Crippen LogP contribution in [0.15, 0.2) is 30.3 Å². The highest BCUT2D eigenvalue weighted by Crippen LogP contribution is 2.01. The first kappa shape index (κ1) is 16.2. The van der Waals surface area contributed by atoms with Crippen LogP contribution in [0.1, 0.15) is 44.6 Å². The van der Waals surface area contributed by atoms with Gasteiger partial charge in [0.15, 0.2) is 0 Å². The van der Waals surface area contributed by atoms with Crippen LogP contribution in [0.4, 0.5) is 0 Å². The molecule has 108 valence electrons. The first-order chi connectivity index (χ1) is 9.33. The fraction of sp³-hybridized carbons (Fsp3) is 0.625. The SMILES string of the molecule is CCCCCC(O)NCCCNCc1ccccc1. The molecule has 1 aromatic rings. The summed E-state index contributed by atoms with van der Waals surface area (Å²) in [6.45, 7) is 4.94. The van der Waals surface area contributed by atoms with E-state index in [9.17, 15) is 5.11 Å². The summed E-state index contributed by atoms with van der Waals surface area (Å²) in [6, 6.07) is 10.4. The molecule has 0 spiro atoms. The van der Waals surface area contributed by atoms with E-state index in [0.29, 0.717) is 0 Å². The van der Waals surface area contributed by atoms with Crippen LogP contribution in [0.3, 0.4) is 0 Å². The molecule has 1 rings (SSSR count). The maximum Gasteiger partial charge on any atom is 0.104 e. The molecule has 0 fully saturated rings. The molecule has 0 amide bonds. The van der Waals surface area contributed by atoms with Gasteiger partial charge in [0.05, 0.1) is 0 Å². The lowest BCUT2D eigenvalue weighted by Crippen LogP contribution is -2.31. The summed E-state index contributed by atoms with van der Waals surface area (Å²) in [5, 5.41) is 16.2. The fourth-order valence-corrected chi connectivity index (χ4v) is 2.00. The van der Waals surface area contributed by atoms with Gasteiger partial charge < -0.3 is 10.4 Å². The highest BCUT2D eigenvalue weighted by molar-refractivity contribution is 5.14. The van der Waals surface area contributed by atoms with Crippen LogP contribution in [0.5, 0.6) is 0 Å². The molecule has 0 aliphatic heterocycles. The van der Waals surface area contributed by atoms with Crippen molar-refractivity contribution in [2.24, 2.45) is 0 Å². The topological polar surface area (TPSA) is 44.3 Å². The minimum absolute atomic E-state index is 0.333. The van der Waals surface area contributed by atoms with Crippen molar-refractivity contribution in [1.82, 2.24) is 10.6 Å². The van der Waals surface area contributed by atoms with Gasteiger partial charge in [-0.2, -0.15) is 0 Å². The molecule has 0 heterocycles. The Morgan fingerprint density at radius 2 is 1.84 bits per heavy atom. The number of benzene rings is 1. The van der Waals surface area contributed by atoms with Gasteiger partial charge in [-0.05, 0) is 37.9 Å². The summed E-state index contributed by atoms with van der Waals surface area (Å²) < 4.78 is 0. The molecule has 19 heavy (non-hydrogen) atoms. The van der Waals surface area contributed by atoms with Gasteiger partial charge in [0, 0.05) is 6.54 Å². The standard InChI is InChI=1S/C16H28N2O/c1-2-3-5-11-16(19)18-13-8-12-17-14-15-9-6-4-7-10-15/h4,6-7,9-10,16-19H,2-3,5,8,11-14H2,1H3. The molecule has 0 saturated heterocycles. The fourth-order valence-electron chi connectivity index (χ4n) is 2.00. The zero-order chi connectivity index (χ0) is 13.8. The average molecular weight is 264 g/mol. The summed E-state index contributed by atoms with van der Waals surface area (Å²) in [6.07, 6.45) is 5.09. The third-order valence-electron chi connectivity index (χ3n) is 3.16. The molecule has 3 heteroatoms. The minimum atomic E-state index is -0.333. The number of rotatable bonds is 11. The van der Waals surface area contributed by atoms with E-state index in [1.54, 1.807) is 0 Å². The van der Waals surface area contributed by atoms with Crippen LogP contribution < -0.4 is 10.6 Å². The number of hydrogen-bond acceptors (Lipinski definition) is 3. The van der Waals surface area contributed by atoms with Gasteiger partial charge >= 0.3 is 0 Å². The molecule has 1 aromatic carbocycles. The Kier molecular flexibility index (Phi) is 9.33. The van der Waals surface area contributed by atoms with Crippen molar-refractivity contribution in [3.05, 3.63) is 35.9 Å². The lowest BCUT2D eigenvalue weighted by Gasteiger charge is -2.12. The molecular formula is C16H28N2O. The molecule has 0 saturated carbocycles. The normalized spacial score (nSPS) is 12.5. The van der Waals surface area contributed by atoms with E-state index in [0.717, 1.165) is 38.9 Å². The van der Waals surface area contributed by atoms with Crippen molar-refractivity contribution in [2.75, 3.05) is 13.1 Å². The Bertz CT molecular complexity index is 303. The predicted octanol–water partition coefficient (Wildman–Crippen LogP) is 2.65. The van der Waals surface area contributed by atoms with Crippen molar-refractivity contribution in [3.8, 4) is 0 Å². The minimum Gasteiger partial charge on any atom is -0.379 e. The second kappa shape index (κ2) is 11.0. The molecule has 0 aromatic heterocycles. The van der Waals surface area contributed by atoms with E-state index < -0.39 is 0 Å². The third-order valence-corrected chi connectivity index (χ3v) is 3.16. The van der Waals surface area contributed by atoms with Crippen LogP contribution in [0.2, 0.25) is 0 Å². The van der Waals surface area contributed by atoms with Gasteiger partial charge in [-0.3, -0.25) is 5.32 Å². The van der Waals surface area contributed by atoms with Gasteiger partial charge in [-0.25, -0.2) is 0 Å². The predicted molar refractivity (Wildman–Crippen MR) is 80.9 cm³/mol. The molecule has 1 atom stereocenters. The number of aliphatic hydroxyl groups excluding tert-OH is 1.